The van der Waals surface area contributed by atoms with E-state index in [1.165, 1.54) is 0 Å². The Balaban J connectivity index is 1.77. The van der Waals surface area contributed by atoms with Crippen molar-refractivity contribution < 1.29 is 26.7 Å². The van der Waals surface area contributed by atoms with Crippen molar-refractivity contribution in [2.24, 2.45) is 15.5 Å². The molecular weight excluding hydrogens is 527 g/mol. The second kappa shape index (κ2) is 10.6. The third-order valence-electron chi connectivity index (χ3n) is 6.46. The van der Waals surface area contributed by atoms with E-state index in [0.717, 1.165) is 35.0 Å². The highest BCUT2D eigenvalue weighted by Gasteiger charge is 2.71. The van der Waals surface area contributed by atoms with Crippen molar-refractivity contribution in [3.63, 3.8) is 0 Å². The van der Waals surface area contributed by atoms with Gasteiger partial charge in [0.15, 0.2) is 0 Å². The number of benzene rings is 2. The van der Waals surface area contributed by atoms with Crippen molar-refractivity contribution >= 4 is 28.7 Å². The first-order chi connectivity index (χ1) is 18.1. The molecule has 7 nitrogen and oxygen atoms in total. The number of nitrogens with zero attached hydrogens (tertiary/aromatic N) is 4. The highest BCUT2D eigenvalue weighted by Crippen LogP contribution is 2.62. The van der Waals surface area contributed by atoms with E-state index in [2.05, 4.69) is 20.7 Å². The van der Waals surface area contributed by atoms with E-state index < -0.39 is 34.0 Å². The Kier molecular flexibility index (Phi) is 7.64. The van der Waals surface area contributed by atoms with Gasteiger partial charge in [-0.25, -0.2) is 13.8 Å². The van der Waals surface area contributed by atoms with E-state index in [-0.39, 0.29) is 42.4 Å². The lowest BCUT2D eigenvalue weighted by Crippen LogP contribution is -2.49. The van der Waals surface area contributed by atoms with Crippen LogP contribution in [-0.2, 0) is 9.67 Å². The fraction of sp³-hybridized carbons (Fsp3) is 0.360. The molecule has 2 N–H and O–H groups in total. The molecule has 0 bridgehead atoms. The molecule has 38 heavy (non-hydrogen) atoms. The van der Waals surface area contributed by atoms with Crippen LogP contribution >= 0.6 is 11.8 Å². The topological polar surface area (TPSA) is 92.9 Å². The van der Waals surface area contributed by atoms with Crippen LogP contribution in [0.15, 0.2) is 58.6 Å². The lowest BCUT2D eigenvalue weighted by molar-refractivity contribution is -0.200. The second-order valence-corrected chi connectivity index (χ2v) is 10.1. The van der Waals surface area contributed by atoms with Gasteiger partial charge in [-0.2, -0.15) is 23.5 Å². The van der Waals surface area contributed by atoms with E-state index in [1.54, 1.807) is 43.6 Å². The Bertz CT molecular complexity index is 1310. The van der Waals surface area contributed by atoms with Gasteiger partial charge < -0.3 is 10.6 Å². The molecule has 0 radical (unpaired) electrons. The summed E-state index contributed by atoms with van der Waals surface area (Å²) in [5, 5.41) is 19.3. The monoisotopic (exact) mass is 550 g/mol. The molecule has 2 aromatic rings. The van der Waals surface area contributed by atoms with Crippen LogP contribution in [0.3, 0.4) is 0 Å². The Hall–Kier alpha value is -3.66. The molecule has 1 amide bonds. The van der Waals surface area contributed by atoms with Gasteiger partial charge >= 0.3 is 6.18 Å². The van der Waals surface area contributed by atoms with E-state index in [4.69, 9.17) is 5.26 Å². The highest BCUT2D eigenvalue weighted by atomic mass is 32.2. The molecule has 1 aliphatic carbocycles. The number of rotatable bonds is 7. The van der Waals surface area contributed by atoms with Gasteiger partial charge in [-0.1, -0.05) is 42.1 Å². The number of guanidine groups is 1. The number of nitriles is 1. The minimum Gasteiger partial charge on any atom is -0.359 e. The Morgan fingerprint density at radius 3 is 2.53 bits per heavy atom. The van der Waals surface area contributed by atoms with Crippen molar-refractivity contribution in [3.8, 4) is 6.19 Å². The maximum Gasteiger partial charge on any atom is 0.403 e. The molecule has 0 aromatic heterocycles. The van der Waals surface area contributed by atoms with Gasteiger partial charge in [-0.3, -0.25) is 4.79 Å². The van der Waals surface area contributed by atoms with Crippen LogP contribution in [0.25, 0.3) is 0 Å². The summed E-state index contributed by atoms with van der Waals surface area (Å²) in [5.74, 6) is -2.61. The summed E-state index contributed by atoms with van der Waals surface area (Å²) >= 11 is 0.908. The zero-order valence-corrected chi connectivity index (χ0v) is 21.0. The number of carbonyl (C=O) groups excluding carboxylic acids is 1. The van der Waals surface area contributed by atoms with Crippen molar-refractivity contribution in [2.75, 3.05) is 13.6 Å². The first-order valence-electron chi connectivity index (χ1n) is 11.7. The summed E-state index contributed by atoms with van der Waals surface area (Å²) in [6, 6.07) is 11.1. The van der Waals surface area contributed by atoms with Crippen LogP contribution in [0.2, 0.25) is 0 Å². The van der Waals surface area contributed by atoms with Crippen LogP contribution in [0.1, 0.15) is 36.8 Å². The summed E-state index contributed by atoms with van der Waals surface area (Å²) in [4.78, 5) is 15.7. The number of nitrogens with one attached hydrogen (secondary N) is 2. The molecule has 1 unspecified atom stereocenters. The van der Waals surface area contributed by atoms with Gasteiger partial charge in [-0.05, 0) is 49.4 Å². The fourth-order valence-electron chi connectivity index (χ4n) is 4.27. The molecule has 4 rings (SSSR count). The normalized spacial score (nSPS) is 20.5. The number of carbonyl (C=O) groups is 1. The predicted octanol–water partition coefficient (Wildman–Crippen LogP) is 4.82. The standard InChI is InChI=1S/C25H23F5N6OS/c1-32-22(34-15-31)33-13-5-10-24(16-6-3-2-4-7-16)36(21(37)23(11-12-23)25(28,29)30)35-20(38-24)18-14-17(26)8-9-19(18)27/h2-4,6-9,14H,5,10-13H2,1H3,(H2,32,33,34). The number of hydrogen-bond acceptors (Lipinski definition) is 5. The van der Waals surface area contributed by atoms with Gasteiger partial charge in [0.05, 0.1) is 0 Å². The van der Waals surface area contributed by atoms with Gasteiger partial charge in [-0.15, -0.1) is 4.99 Å². The SMILES string of the molecule is CNC(=NC#N)NCCCC1(c2ccccc2)SC(c2cc(F)ccc2F)=NN1C(=O)C1(C(F)(F)F)CC1. The van der Waals surface area contributed by atoms with Crippen molar-refractivity contribution in [1.29, 1.82) is 5.26 Å². The lowest BCUT2D eigenvalue weighted by atomic mass is 9.97. The van der Waals surface area contributed by atoms with Gasteiger partial charge in [0.25, 0.3) is 5.91 Å². The summed E-state index contributed by atoms with van der Waals surface area (Å²) in [7, 11) is 1.56. The Morgan fingerprint density at radius 1 is 1.21 bits per heavy atom. The largest absolute Gasteiger partial charge is 0.403 e. The molecule has 0 saturated heterocycles. The first kappa shape index (κ1) is 27.4. The summed E-state index contributed by atoms with van der Waals surface area (Å²) < 4.78 is 70.9. The molecule has 1 heterocycles. The smallest absolute Gasteiger partial charge is 0.359 e. The molecule has 1 aliphatic heterocycles. The van der Waals surface area contributed by atoms with Gasteiger partial charge in [0.1, 0.15) is 27.0 Å². The lowest BCUT2D eigenvalue weighted by Gasteiger charge is -2.38. The van der Waals surface area contributed by atoms with Crippen LogP contribution in [-0.4, -0.2) is 41.7 Å². The maximum absolute atomic E-state index is 14.7. The number of hydrogen-bond donors (Lipinski definition) is 2. The van der Waals surface area contributed by atoms with Gasteiger partial charge in [0, 0.05) is 19.2 Å². The average Bonchev–Trinajstić information content (AvgIpc) is 3.64. The van der Waals surface area contributed by atoms with E-state index in [9.17, 15) is 26.7 Å². The van der Waals surface area contributed by atoms with E-state index in [0.29, 0.717) is 12.0 Å². The zero-order chi connectivity index (χ0) is 27.6. The van der Waals surface area contributed by atoms with E-state index in [1.807, 2.05) is 0 Å². The number of halogens is 5. The highest BCUT2D eigenvalue weighted by molar-refractivity contribution is 8.15. The third kappa shape index (κ3) is 5.05. The average molecular weight is 551 g/mol. The minimum atomic E-state index is -4.80. The fourth-order valence-corrected chi connectivity index (χ4v) is 5.69. The molecule has 200 valence electrons. The number of alkyl halides is 3. The number of hydrazone groups is 1. The van der Waals surface area contributed by atoms with Crippen LogP contribution < -0.4 is 10.6 Å². The molecule has 1 fully saturated rings. The molecule has 0 spiro atoms. The second-order valence-electron chi connectivity index (χ2n) is 8.82. The summed E-state index contributed by atoms with van der Waals surface area (Å²) in [6.07, 6.45) is -3.51. The van der Waals surface area contributed by atoms with Crippen LogP contribution in [0.4, 0.5) is 22.0 Å². The Labute approximate surface area is 219 Å². The predicted molar refractivity (Wildman–Crippen MR) is 133 cm³/mol. The van der Waals surface area contributed by atoms with Crippen LogP contribution in [0.5, 0.6) is 0 Å². The first-order valence-corrected chi connectivity index (χ1v) is 12.5. The number of aliphatic imine (C=N–C) groups is 1. The quantitative estimate of drug-likeness (QED) is 0.170. The molecule has 1 atom stereocenters. The number of thioether (sulfide) groups is 1. The van der Waals surface area contributed by atoms with Crippen molar-refractivity contribution in [1.82, 2.24) is 15.6 Å². The minimum absolute atomic E-state index is 0.0990. The maximum atomic E-state index is 14.7. The molecular formula is C25H23F5N6OS. The van der Waals surface area contributed by atoms with E-state index >= 15 is 0 Å². The Morgan fingerprint density at radius 2 is 1.92 bits per heavy atom. The molecule has 1 saturated carbocycles. The van der Waals surface area contributed by atoms with Crippen LogP contribution in [0, 0.1) is 28.5 Å². The van der Waals surface area contributed by atoms with Gasteiger partial charge in [0.2, 0.25) is 12.2 Å². The van der Waals surface area contributed by atoms with Crippen molar-refractivity contribution in [3.05, 3.63) is 71.3 Å². The van der Waals surface area contributed by atoms with Crippen molar-refractivity contribution in [2.45, 2.75) is 36.7 Å². The number of amides is 1. The molecule has 2 aromatic carbocycles. The third-order valence-corrected chi connectivity index (χ3v) is 7.91. The zero-order valence-electron chi connectivity index (χ0n) is 20.1. The molecule has 13 heteroatoms. The summed E-state index contributed by atoms with van der Waals surface area (Å²) in [6.45, 7) is 0.243. The summed E-state index contributed by atoms with van der Waals surface area (Å²) in [5.41, 5.74) is -2.35. The molecule has 2 aliphatic rings.